The lowest BCUT2D eigenvalue weighted by atomic mass is 9.83. The summed E-state index contributed by atoms with van der Waals surface area (Å²) in [6.07, 6.45) is -0.112. The predicted molar refractivity (Wildman–Crippen MR) is 91.1 cm³/mol. The molecule has 0 N–H and O–H groups in total. The van der Waals surface area contributed by atoms with Crippen LogP contribution in [-0.4, -0.2) is 22.4 Å². The zero-order valence-electron chi connectivity index (χ0n) is 13.7. The predicted octanol–water partition coefficient (Wildman–Crippen LogP) is 3.26. The highest BCUT2D eigenvalue weighted by atomic mass is 16.6. The number of hydrogen-bond donors (Lipinski definition) is 0. The van der Waals surface area contributed by atoms with Crippen molar-refractivity contribution in [1.82, 2.24) is 0 Å². The summed E-state index contributed by atoms with van der Waals surface area (Å²) in [6, 6.07) is 14.7. The third-order valence-corrected chi connectivity index (χ3v) is 4.56. The molecule has 8 heteroatoms. The van der Waals surface area contributed by atoms with Crippen molar-refractivity contribution in [3.8, 4) is 0 Å². The Morgan fingerprint density at radius 3 is 2.27 bits per heavy atom. The van der Waals surface area contributed by atoms with Crippen LogP contribution >= 0.6 is 0 Å². The summed E-state index contributed by atoms with van der Waals surface area (Å²) in [4.78, 5) is 33.3. The number of esters is 1. The molecule has 0 aromatic heterocycles. The Morgan fingerprint density at radius 2 is 1.69 bits per heavy atom. The highest BCUT2D eigenvalue weighted by Crippen LogP contribution is 2.41. The van der Waals surface area contributed by atoms with Gasteiger partial charge in [-0.2, -0.15) is 0 Å². The highest BCUT2D eigenvalue weighted by molar-refractivity contribution is 5.76. The molecule has 1 heterocycles. The second-order valence-corrected chi connectivity index (χ2v) is 6.15. The number of carbonyl (C=O) groups excluding carboxylic acids is 1. The van der Waals surface area contributed by atoms with Crippen LogP contribution in [-0.2, 0) is 9.53 Å². The molecule has 26 heavy (non-hydrogen) atoms. The quantitative estimate of drug-likeness (QED) is 0.446. The van der Waals surface area contributed by atoms with Gasteiger partial charge in [0.05, 0.1) is 16.8 Å². The molecule has 1 fully saturated rings. The van der Waals surface area contributed by atoms with E-state index in [-0.39, 0.29) is 5.69 Å². The van der Waals surface area contributed by atoms with Crippen molar-refractivity contribution in [2.24, 2.45) is 5.92 Å². The Hall–Kier alpha value is -3.29. The molecule has 134 valence electrons. The number of nitrogens with zero attached hydrogens (tertiary/aromatic N) is 2. The summed E-state index contributed by atoms with van der Waals surface area (Å²) < 4.78 is 5.44. The minimum atomic E-state index is -0.702. The van der Waals surface area contributed by atoms with E-state index in [0.717, 1.165) is 5.56 Å². The summed E-state index contributed by atoms with van der Waals surface area (Å²) >= 11 is 0. The Morgan fingerprint density at radius 1 is 1.04 bits per heavy atom. The average molecular weight is 356 g/mol. The van der Waals surface area contributed by atoms with E-state index >= 15 is 0 Å². The zero-order chi connectivity index (χ0) is 18.7. The van der Waals surface area contributed by atoms with Gasteiger partial charge in [-0.1, -0.05) is 42.5 Å². The number of nitro groups is 2. The molecule has 0 spiro atoms. The van der Waals surface area contributed by atoms with E-state index in [9.17, 15) is 25.0 Å². The normalized spacial score (nSPS) is 20.4. The van der Waals surface area contributed by atoms with E-state index in [1.807, 2.05) is 30.3 Å². The molecular weight excluding hydrogens is 340 g/mol. The van der Waals surface area contributed by atoms with Crippen LogP contribution in [0.15, 0.2) is 54.6 Å². The first-order valence-corrected chi connectivity index (χ1v) is 8.07. The molecule has 0 saturated carbocycles. The molecule has 1 saturated heterocycles. The maximum Gasteiger partial charge on any atom is 0.310 e. The van der Waals surface area contributed by atoms with Gasteiger partial charge in [-0.3, -0.25) is 25.0 Å². The number of rotatable bonds is 6. The van der Waals surface area contributed by atoms with Gasteiger partial charge in [0.15, 0.2) is 0 Å². The average Bonchev–Trinajstić information content (AvgIpc) is 3.02. The van der Waals surface area contributed by atoms with Gasteiger partial charge in [0.25, 0.3) is 5.69 Å². The Kier molecular flexibility index (Phi) is 4.92. The minimum Gasteiger partial charge on any atom is -0.457 e. The smallest absolute Gasteiger partial charge is 0.310 e. The molecule has 2 aromatic carbocycles. The molecule has 0 aliphatic carbocycles. The van der Waals surface area contributed by atoms with Gasteiger partial charge in [0.2, 0.25) is 6.54 Å². The number of non-ortho nitro benzene ring substituents is 1. The summed E-state index contributed by atoms with van der Waals surface area (Å²) in [5.74, 6) is -1.86. The lowest BCUT2D eigenvalue weighted by Crippen LogP contribution is -2.24. The Balaban J connectivity index is 1.86. The first-order valence-electron chi connectivity index (χ1n) is 8.07. The number of benzene rings is 2. The van der Waals surface area contributed by atoms with E-state index in [2.05, 4.69) is 0 Å². The summed E-state index contributed by atoms with van der Waals surface area (Å²) in [5, 5.41) is 21.9. The summed E-state index contributed by atoms with van der Waals surface area (Å²) in [6.45, 7) is -0.445. The number of cyclic esters (lactones) is 1. The molecule has 1 aliphatic heterocycles. The van der Waals surface area contributed by atoms with Crippen molar-refractivity contribution in [2.45, 2.75) is 18.4 Å². The molecule has 3 atom stereocenters. The van der Waals surface area contributed by atoms with Gasteiger partial charge in [-0.05, 0) is 11.1 Å². The van der Waals surface area contributed by atoms with E-state index in [0.29, 0.717) is 12.0 Å². The second-order valence-electron chi connectivity index (χ2n) is 6.15. The van der Waals surface area contributed by atoms with E-state index in [1.165, 1.54) is 24.3 Å². The van der Waals surface area contributed by atoms with Crippen LogP contribution < -0.4 is 0 Å². The molecule has 3 rings (SSSR count). The number of hydrogen-bond acceptors (Lipinski definition) is 6. The maximum absolute atomic E-state index is 12.4. The Bertz CT molecular complexity index is 821. The highest BCUT2D eigenvalue weighted by Gasteiger charge is 2.43. The number of nitro benzene ring substituents is 1. The zero-order valence-corrected chi connectivity index (χ0v) is 13.7. The van der Waals surface area contributed by atoms with Gasteiger partial charge in [-0.25, -0.2) is 0 Å². The van der Waals surface area contributed by atoms with Crippen LogP contribution in [0.1, 0.15) is 29.6 Å². The second kappa shape index (κ2) is 7.30. The summed E-state index contributed by atoms with van der Waals surface area (Å²) in [5.41, 5.74) is 1.25. The van der Waals surface area contributed by atoms with Crippen LogP contribution in [0.3, 0.4) is 0 Å². The van der Waals surface area contributed by atoms with Crippen LogP contribution in [0, 0.1) is 26.1 Å². The third-order valence-electron chi connectivity index (χ3n) is 4.56. The molecule has 1 aliphatic rings. The van der Waals surface area contributed by atoms with E-state index in [1.54, 1.807) is 0 Å². The van der Waals surface area contributed by atoms with Gasteiger partial charge in [0, 0.05) is 23.5 Å². The topological polar surface area (TPSA) is 113 Å². The molecule has 0 unspecified atom stereocenters. The first kappa shape index (κ1) is 17.5. The summed E-state index contributed by atoms with van der Waals surface area (Å²) in [7, 11) is 0. The third kappa shape index (κ3) is 3.69. The SMILES string of the molecule is O=C1O[C@H](c2ccccc2)C[C@@H]1[C@H](C[N+](=O)[O-])c1ccc([N+](=O)[O-])cc1. The minimum absolute atomic E-state index is 0.107. The lowest BCUT2D eigenvalue weighted by Gasteiger charge is -2.17. The van der Waals surface area contributed by atoms with Gasteiger partial charge >= 0.3 is 5.97 Å². The van der Waals surface area contributed by atoms with E-state index < -0.39 is 40.3 Å². The molecular formula is C18H16N2O6. The monoisotopic (exact) mass is 356 g/mol. The molecule has 0 amide bonds. The van der Waals surface area contributed by atoms with E-state index in [4.69, 9.17) is 4.74 Å². The van der Waals surface area contributed by atoms with Crippen molar-refractivity contribution in [3.05, 3.63) is 86.0 Å². The van der Waals surface area contributed by atoms with Crippen LogP contribution in [0.5, 0.6) is 0 Å². The molecule has 0 radical (unpaired) electrons. The standard InChI is InChI=1S/C18H16N2O6/c21-18-15(10-17(26-18)13-4-2-1-3-5-13)16(11-19(22)23)12-6-8-14(9-7-12)20(24)25/h1-9,15-17H,10-11H2/t15-,16-,17+/m1/s1. The van der Waals surface area contributed by atoms with Crippen LogP contribution in [0.25, 0.3) is 0 Å². The van der Waals surface area contributed by atoms with Crippen LogP contribution in [0.2, 0.25) is 0 Å². The maximum atomic E-state index is 12.4. The van der Waals surface area contributed by atoms with Gasteiger partial charge in [0.1, 0.15) is 6.10 Å². The van der Waals surface area contributed by atoms with Crippen LogP contribution in [0.4, 0.5) is 5.69 Å². The van der Waals surface area contributed by atoms with Crippen molar-refractivity contribution in [3.63, 3.8) is 0 Å². The number of ether oxygens (including phenoxy) is 1. The van der Waals surface area contributed by atoms with Crippen molar-refractivity contribution in [1.29, 1.82) is 0 Å². The number of carbonyl (C=O) groups is 1. The molecule has 0 bridgehead atoms. The fourth-order valence-corrected chi connectivity index (χ4v) is 3.27. The van der Waals surface area contributed by atoms with Gasteiger partial charge < -0.3 is 4.74 Å². The molecule has 2 aromatic rings. The van der Waals surface area contributed by atoms with Crippen molar-refractivity contribution in [2.75, 3.05) is 6.54 Å². The van der Waals surface area contributed by atoms with Gasteiger partial charge in [-0.15, -0.1) is 0 Å². The molecule has 8 nitrogen and oxygen atoms in total. The van der Waals surface area contributed by atoms with Crippen molar-refractivity contribution >= 4 is 11.7 Å². The lowest BCUT2D eigenvalue weighted by molar-refractivity contribution is -0.484. The van der Waals surface area contributed by atoms with Crippen molar-refractivity contribution < 1.29 is 19.4 Å². The fraction of sp³-hybridized carbons (Fsp3) is 0.278. The first-order chi connectivity index (χ1) is 12.5. The Labute approximate surface area is 148 Å². The fourth-order valence-electron chi connectivity index (χ4n) is 3.27. The largest absolute Gasteiger partial charge is 0.457 e.